The highest BCUT2D eigenvalue weighted by Crippen LogP contribution is 2.32. The monoisotopic (exact) mass is 367 g/mol. The van der Waals surface area contributed by atoms with Gasteiger partial charge in [0.05, 0.1) is 22.7 Å². The van der Waals surface area contributed by atoms with Crippen LogP contribution in [0.1, 0.15) is 30.5 Å². The van der Waals surface area contributed by atoms with E-state index in [1.807, 2.05) is 38.1 Å². The molecule has 0 fully saturated rings. The summed E-state index contributed by atoms with van der Waals surface area (Å²) >= 11 is 5.02. The molecule has 1 heterocycles. The van der Waals surface area contributed by atoms with Crippen molar-refractivity contribution in [1.82, 2.24) is 10.3 Å². The third-order valence-corrected chi connectivity index (χ3v) is 5.01. The Balaban J connectivity index is 2.22. The zero-order valence-electron chi connectivity index (χ0n) is 12.2. The molecule has 2 rings (SSSR count). The van der Waals surface area contributed by atoms with Crippen molar-refractivity contribution in [2.24, 2.45) is 5.73 Å². The van der Waals surface area contributed by atoms with Crippen molar-refractivity contribution in [3.8, 4) is 10.6 Å². The highest BCUT2D eigenvalue weighted by Gasteiger charge is 2.18. The summed E-state index contributed by atoms with van der Waals surface area (Å²) in [6.45, 7) is 5.59. The number of hydrogen-bond donors (Lipinski definition) is 2. The predicted octanol–water partition coefficient (Wildman–Crippen LogP) is 3.41. The number of hydrogen-bond acceptors (Lipinski definition) is 4. The number of halogens is 1. The van der Waals surface area contributed by atoms with Gasteiger partial charge < -0.3 is 11.1 Å². The molecular weight excluding hydrogens is 350 g/mol. The Bertz CT molecular complexity index is 637. The van der Waals surface area contributed by atoms with Gasteiger partial charge in [-0.1, -0.05) is 28.1 Å². The maximum atomic E-state index is 11.7. The number of amides is 1. The van der Waals surface area contributed by atoms with Crippen LogP contribution in [0.2, 0.25) is 0 Å². The van der Waals surface area contributed by atoms with Crippen LogP contribution in [0.3, 0.4) is 0 Å². The van der Waals surface area contributed by atoms with Gasteiger partial charge in [-0.3, -0.25) is 4.79 Å². The van der Waals surface area contributed by atoms with Crippen LogP contribution in [0.25, 0.3) is 10.6 Å². The molecule has 1 aromatic heterocycles. The van der Waals surface area contributed by atoms with Crippen LogP contribution in [0.15, 0.2) is 28.7 Å². The van der Waals surface area contributed by atoms with Gasteiger partial charge in [0, 0.05) is 10.0 Å². The minimum atomic E-state index is -0.508. The van der Waals surface area contributed by atoms with Gasteiger partial charge in [0.25, 0.3) is 0 Å². The molecule has 0 saturated heterocycles. The number of aryl methyl sites for hydroxylation is 1. The molecule has 0 aliphatic carbocycles. The Labute approximate surface area is 136 Å². The smallest absolute Gasteiger partial charge is 0.237 e. The van der Waals surface area contributed by atoms with Crippen molar-refractivity contribution >= 4 is 33.2 Å². The van der Waals surface area contributed by atoms with E-state index >= 15 is 0 Å². The summed E-state index contributed by atoms with van der Waals surface area (Å²) in [5.41, 5.74) is 7.59. The van der Waals surface area contributed by atoms with E-state index in [0.29, 0.717) is 0 Å². The van der Waals surface area contributed by atoms with Gasteiger partial charge in [-0.2, -0.15) is 0 Å². The van der Waals surface area contributed by atoms with E-state index in [2.05, 4.69) is 26.2 Å². The Morgan fingerprint density at radius 3 is 2.52 bits per heavy atom. The second kappa shape index (κ2) is 6.68. The fourth-order valence-corrected chi connectivity index (χ4v) is 3.27. The Hall–Kier alpha value is -1.24. The minimum Gasteiger partial charge on any atom is -0.347 e. The molecule has 0 aliphatic rings. The van der Waals surface area contributed by atoms with Gasteiger partial charge in [-0.25, -0.2) is 4.98 Å². The summed E-state index contributed by atoms with van der Waals surface area (Å²) in [5.74, 6) is -0.152. The van der Waals surface area contributed by atoms with E-state index in [1.54, 1.807) is 18.3 Å². The van der Waals surface area contributed by atoms with Crippen LogP contribution < -0.4 is 11.1 Å². The number of rotatable bonds is 4. The zero-order chi connectivity index (χ0) is 15.6. The first-order valence-electron chi connectivity index (χ1n) is 6.67. The highest BCUT2D eigenvalue weighted by atomic mass is 79.9. The number of thiazole rings is 1. The first-order valence-corrected chi connectivity index (χ1v) is 8.28. The van der Waals surface area contributed by atoms with Gasteiger partial charge in [-0.05, 0) is 32.9 Å². The lowest BCUT2D eigenvalue weighted by molar-refractivity contribution is -0.122. The number of carbonyl (C=O) groups excluding carboxylic acids is 1. The van der Waals surface area contributed by atoms with Crippen LogP contribution in [-0.4, -0.2) is 16.9 Å². The number of nitrogens with two attached hydrogens (primary N) is 1. The molecule has 1 unspecified atom stereocenters. The second-order valence-electron chi connectivity index (χ2n) is 4.99. The van der Waals surface area contributed by atoms with Crippen molar-refractivity contribution < 1.29 is 4.79 Å². The average Bonchev–Trinajstić information content (AvgIpc) is 2.81. The van der Waals surface area contributed by atoms with Crippen LogP contribution in [0.5, 0.6) is 0 Å². The molecule has 1 amide bonds. The second-order valence-corrected chi connectivity index (χ2v) is 6.94. The first kappa shape index (κ1) is 16.1. The lowest BCUT2D eigenvalue weighted by atomic mass is 10.2. The fourth-order valence-electron chi connectivity index (χ4n) is 1.94. The van der Waals surface area contributed by atoms with Gasteiger partial charge in [-0.15, -0.1) is 11.3 Å². The van der Waals surface area contributed by atoms with E-state index in [0.717, 1.165) is 25.6 Å². The maximum absolute atomic E-state index is 11.7. The van der Waals surface area contributed by atoms with E-state index < -0.39 is 6.04 Å². The van der Waals surface area contributed by atoms with Crippen molar-refractivity contribution in [3.63, 3.8) is 0 Å². The Kier molecular flexibility index (Phi) is 5.13. The largest absolute Gasteiger partial charge is 0.347 e. The highest BCUT2D eigenvalue weighted by molar-refractivity contribution is 9.10. The topological polar surface area (TPSA) is 68.0 Å². The molecule has 0 radical (unpaired) electrons. The van der Waals surface area contributed by atoms with Crippen molar-refractivity contribution in [2.75, 3.05) is 0 Å². The molecule has 0 aliphatic heterocycles. The zero-order valence-corrected chi connectivity index (χ0v) is 14.6. The van der Waals surface area contributed by atoms with Gasteiger partial charge in [0.2, 0.25) is 5.91 Å². The van der Waals surface area contributed by atoms with Crippen LogP contribution in [0, 0.1) is 6.92 Å². The summed E-state index contributed by atoms with van der Waals surface area (Å²) in [7, 11) is 0. The molecule has 3 N–H and O–H groups in total. The molecule has 0 saturated carbocycles. The molecule has 1 aromatic carbocycles. The number of aromatic nitrogens is 1. The third kappa shape index (κ3) is 3.90. The molecule has 4 nitrogen and oxygen atoms in total. The van der Waals surface area contributed by atoms with Crippen molar-refractivity contribution in [2.45, 2.75) is 32.9 Å². The molecule has 2 atom stereocenters. The predicted molar refractivity (Wildman–Crippen MR) is 90.2 cm³/mol. The van der Waals surface area contributed by atoms with E-state index in [9.17, 15) is 4.79 Å². The molecule has 0 bridgehead atoms. The van der Waals surface area contributed by atoms with Crippen molar-refractivity contribution in [1.29, 1.82) is 0 Å². The summed E-state index contributed by atoms with van der Waals surface area (Å²) in [5, 5.41) is 3.86. The quantitative estimate of drug-likeness (QED) is 0.869. The lowest BCUT2D eigenvalue weighted by Crippen LogP contribution is -2.39. The number of carbonyl (C=O) groups is 1. The number of nitrogens with zero attached hydrogens (tertiary/aromatic N) is 1. The summed E-state index contributed by atoms with van der Waals surface area (Å²) in [4.78, 5) is 17.4. The normalized spacial score (nSPS) is 13.8. The number of benzene rings is 1. The number of nitrogens with one attached hydrogen (secondary N) is 1. The van der Waals surface area contributed by atoms with Gasteiger partial charge in [0.15, 0.2) is 0 Å². The van der Waals surface area contributed by atoms with E-state index in [4.69, 9.17) is 5.73 Å². The maximum Gasteiger partial charge on any atom is 0.237 e. The Morgan fingerprint density at radius 2 is 1.95 bits per heavy atom. The molecule has 6 heteroatoms. The molecule has 0 spiro atoms. The van der Waals surface area contributed by atoms with Crippen molar-refractivity contribution in [3.05, 3.63) is 39.3 Å². The van der Waals surface area contributed by atoms with Crippen LogP contribution in [0.4, 0.5) is 0 Å². The Morgan fingerprint density at radius 1 is 1.33 bits per heavy atom. The molecule has 112 valence electrons. The van der Waals surface area contributed by atoms with Crippen LogP contribution >= 0.6 is 27.3 Å². The van der Waals surface area contributed by atoms with Gasteiger partial charge >= 0.3 is 0 Å². The average molecular weight is 368 g/mol. The van der Waals surface area contributed by atoms with E-state index in [-0.39, 0.29) is 11.9 Å². The lowest BCUT2D eigenvalue weighted by Gasteiger charge is -2.14. The molecule has 21 heavy (non-hydrogen) atoms. The summed E-state index contributed by atoms with van der Waals surface area (Å²) in [6.07, 6.45) is 0. The third-order valence-electron chi connectivity index (χ3n) is 3.09. The molecular formula is C15H18BrN3OS. The minimum absolute atomic E-state index is 0.0924. The fraction of sp³-hybridized carbons (Fsp3) is 0.333. The van der Waals surface area contributed by atoms with Gasteiger partial charge in [0.1, 0.15) is 5.01 Å². The standard InChI is InChI=1S/C15H18BrN3OS/c1-8(17)14(20)18-9(2)13-10(3)19-15(21-13)11-4-6-12(16)7-5-11/h4-9H,17H2,1-3H3,(H,18,20)/t8-,9?/m1/s1. The van der Waals surface area contributed by atoms with Crippen LogP contribution in [-0.2, 0) is 4.79 Å². The summed E-state index contributed by atoms with van der Waals surface area (Å²) in [6, 6.07) is 7.44. The molecule has 2 aromatic rings. The first-order chi connectivity index (χ1) is 9.88. The summed E-state index contributed by atoms with van der Waals surface area (Å²) < 4.78 is 1.04. The van der Waals surface area contributed by atoms with E-state index in [1.165, 1.54) is 0 Å². The SMILES string of the molecule is Cc1nc(-c2ccc(Br)cc2)sc1C(C)NC(=O)[C@@H](C)N.